The Morgan fingerprint density at radius 3 is 2.07 bits per heavy atom. The van der Waals surface area contributed by atoms with Gasteiger partial charge in [0.15, 0.2) is 5.25 Å². The van der Waals surface area contributed by atoms with E-state index in [0.29, 0.717) is 12.8 Å². The monoisotopic (exact) mass is 237 g/mol. The minimum atomic E-state index is -3.79. The lowest BCUT2D eigenvalue weighted by Crippen LogP contribution is -2.49. The Hall–Kier alpha value is -0.620. The molecule has 6 heteroatoms. The van der Waals surface area contributed by atoms with Gasteiger partial charge in [0.1, 0.15) is 0 Å². The number of aliphatic carboxylic acids is 1. The predicted octanol–water partition coefficient (Wildman–Crippen LogP) is 0.958. The molecule has 2 N–H and O–H groups in total. The molecular formula is C9H19NO4S. The maximum absolute atomic E-state index is 11.6. The summed E-state index contributed by atoms with van der Waals surface area (Å²) in [4.78, 5) is 10.6. The van der Waals surface area contributed by atoms with Crippen LogP contribution >= 0.6 is 0 Å². The number of hydrogen-bond donors (Lipinski definition) is 2. The van der Waals surface area contributed by atoms with Crippen LogP contribution in [0, 0.1) is 0 Å². The number of carbonyl (C=O) groups is 1. The Kier molecular flexibility index (Phi) is 4.73. The summed E-state index contributed by atoms with van der Waals surface area (Å²) >= 11 is 0. The third kappa shape index (κ3) is 3.79. The molecule has 0 fully saturated rings. The number of rotatable bonds is 6. The van der Waals surface area contributed by atoms with E-state index in [1.807, 2.05) is 13.8 Å². The van der Waals surface area contributed by atoms with Crippen LogP contribution in [-0.2, 0) is 14.8 Å². The normalized spacial score (nSPS) is 14.9. The largest absolute Gasteiger partial charge is 0.480 e. The lowest BCUT2D eigenvalue weighted by molar-refractivity contribution is -0.136. The van der Waals surface area contributed by atoms with Gasteiger partial charge in [0.25, 0.3) is 0 Å². The SMILES string of the molecule is CCC(C)(CC)NS(=O)(=O)C(C)C(=O)O. The third-order valence-corrected chi connectivity index (χ3v) is 4.67. The average molecular weight is 237 g/mol. The minimum absolute atomic E-state index is 0.567. The topological polar surface area (TPSA) is 83.5 Å². The molecule has 0 radical (unpaired) electrons. The Morgan fingerprint density at radius 1 is 1.40 bits per heavy atom. The Morgan fingerprint density at radius 2 is 1.80 bits per heavy atom. The maximum Gasteiger partial charge on any atom is 0.323 e. The van der Waals surface area contributed by atoms with Crippen molar-refractivity contribution in [2.45, 2.75) is 51.3 Å². The van der Waals surface area contributed by atoms with Gasteiger partial charge >= 0.3 is 5.97 Å². The second kappa shape index (κ2) is 4.94. The van der Waals surface area contributed by atoms with Crippen LogP contribution in [0.15, 0.2) is 0 Å². The molecule has 0 aliphatic heterocycles. The first-order valence-electron chi connectivity index (χ1n) is 4.94. The molecule has 0 aromatic rings. The van der Waals surface area contributed by atoms with Crippen molar-refractivity contribution in [3.8, 4) is 0 Å². The van der Waals surface area contributed by atoms with E-state index in [4.69, 9.17) is 5.11 Å². The molecule has 0 amide bonds. The fourth-order valence-corrected chi connectivity index (χ4v) is 2.38. The summed E-state index contributed by atoms with van der Waals surface area (Å²) < 4.78 is 25.7. The molecule has 1 atom stereocenters. The van der Waals surface area contributed by atoms with Gasteiger partial charge in [-0.3, -0.25) is 4.79 Å². The summed E-state index contributed by atoms with van der Waals surface area (Å²) in [5, 5.41) is 7.22. The van der Waals surface area contributed by atoms with E-state index in [0.717, 1.165) is 6.92 Å². The van der Waals surface area contributed by atoms with Crippen molar-refractivity contribution in [3.05, 3.63) is 0 Å². The van der Waals surface area contributed by atoms with E-state index in [9.17, 15) is 13.2 Å². The highest BCUT2D eigenvalue weighted by Gasteiger charge is 2.33. The molecular weight excluding hydrogens is 218 g/mol. The molecule has 0 saturated heterocycles. The molecule has 1 unspecified atom stereocenters. The van der Waals surface area contributed by atoms with E-state index in [1.165, 1.54) is 0 Å². The van der Waals surface area contributed by atoms with Crippen molar-refractivity contribution >= 4 is 16.0 Å². The van der Waals surface area contributed by atoms with E-state index in [1.54, 1.807) is 6.92 Å². The van der Waals surface area contributed by atoms with E-state index >= 15 is 0 Å². The molecule has 0 aliphatic carbocycles. The average Bonchev–Trinajstić information content (AvgIpc) is 2.15. The van der Waals surface area contributed by atoms with Crippen LogP contribution in [0.3, 0.4) is 0 Å². The van der Waals surface area contributed by atoms with Crippen molar-refractivity contribution in [1.29, 1.82) is 0 Å². The van der Waals surface area contributed by atoms with Crippen molar-refractivity contribution in [2.75, 3.05) is 0 Å². The second-order valence-electron chi connectivity index (χ2n) is 3.90. The molecule has 0 saturated carbocycles. The molecule has 0 aromatic carbocycles. The Labute approximate surface area is 90.9 Å². The summed E-state index contributed by atoms with van der Waals surface area (Å²) in [5.74, 6) is -1.34. The summed E-state index contributed by atoms with van der Waals surface area (Å²) in [6, 6.07) is 0. The predicted molar refractivity (Wildman–Crippen MR) is 58.1 cm³/mol. The van der Waals surface area contributed by atoms with Crippen molar-refractivity contribution in [1.82, 2.24) is 4.72 Å². The standard InChI is InChI=1S/C9H19NO4S/c1-5-9(4,6-2)10-15(13,14)7(3)8(11)12/h7,10H,5-6H2,1-4H3,(H,11,12). The van der Waals surface area contributed by atoms with Crippen LogP contribution < -0.4 is 4.72 Å². The number of hydrogen-bond acceptors (Lipinski definition) is 3. The van der Waals surface area contributed by atoms with Crippen molar-refractivity contribution < 1.29 is 18.3 Å². The number of sulfonamides is 1. The van der Waals surface area contributed by atoms with Gasteiger partial charge in [-0.25, -0.2) is 13.1 Å². The zero-order valence-electron chi connectivity index (χ0n) is 9.57. The van der Waals surface area contributed by atoms with E-state index in [-0.39, 0.29) is 0 Å². The number of carboxylic acid groups (broad SMARTS) is 1. The number of nitrogens with one attached hydrogen (secondary N) is 1. The summed E-state index contributed by atoms with van der Waals surface area (Å²) in [5.41, 5.74) is -0.567. The first-order chi connectivity index (χ1) is 6.68. The van der Waals surface area contributed by atoms with Gasteiger partial charge in [0, 0.05) is 5.54 Å². The van der Waals surface area contributed by atoms with Crippen LogP contribution in [0.2, 0.25) is 0 Å². The molecule has 0 spiro atoms. The highest BCUT2D eigenvalue weighted by atomic mass is 32.2. The smallest absolute Gasteiger partial charge is 0.323 e. The lowest BCUT2D eigenvalue weighted by Gasteiger charge is -2.28. The number of carboxylic acids is 1. The highest BCUT2D eigenvalue weighted by molar-refractivity contribution is 7.90. The Bertz CT molecular complexity index is 319. The molecule has 0 rings (SSSR count). The van der Waals surface area contributed by atoms with E-state index < -0.39 is 26.8 Å². The van der Waals surface area contributed by atoms with Gasteiger partial charge in [0.05, 0.1) is 0 Å². The zero-order valence-corrected chi connectivity index (χ0v) is 10.4. The zero-order chi connectivity index (χ0) is 12.3. The van der Waals surface area contributed by atoms with Gasteiger partial charge in [-0.05, 0) is 26.7 Å². The molecule has 0 bridgehead atoms. The van der Waals surface area contributed by atoms with Gasteiger partial charge in [0.2, 0.25) is 10.0 Å². The van der Waals surface area contributed by atoms with Gasteiger partial charge in [-0.2, -0.15) is 0 Å². The summed E-state index contributed by atoms with van der Waals surface area (Å²) in [7, 11) is -3.79. The molecule has 0 heterocycles. The first kappa shape index (κ1) is 14.4. The molecule has 0 aromatic heterocycles. The quantitative estimate of drug-likeness (QED) is 0.720. The van der Waals surface area contributed by atoms with Gasteiger partial charge < -0.3 is 5.11 Å². The fraction of sp³-hybridized carbons (Fsp3) is 0.889. The molecule has 90 valence electrons. The Balaban J connectivity index is 4.86. The first-order valence-corrected chi connectivity index (χ1v) is 6.48. The summed E-state index contributed by atoms with van der Waals surface area (Å²) in [6.07, 6.45) is 1.24. The van der Waals surface area contributed by atoms with Crippen molar-refractivity contribution in [2.24, 2.45) is 0 Å². The molecule has 0 aliphatic rings. The maximum atomic E-state index is 11.6. The van der Waals surface area contributed by atoms with Gasteiger partial charge in [-0.15, -0.1) is 0 Å². The summed E-state index contributed by atoms with van der Waals surface area (Å²) in [6.45, 7) is 6.64. The van der Waals surface area contributed by atoms with Gasteiger partial charge in [-0.1, -0.05) is 13.8 Å². The van der Waals surface area contributed by atoms with Crippen LogP contribution in [-0.4, -0.2) is 30.3 Å². The van der Waals surface area contributed by atoms with Crippen LogP contribution in [0.4, 0.5) is 0 Å². The minimum Gasteiger partial charge on any atom is -0.480 e. The molecule has 15 heavy (non-hydrogen) atoms. The van der Waals surface area contributed by atoms with Crippen LogP contribution in [0.5, 0.6) is 0 Å². The molecule has 5 nitrogen and oxygen atoms in total. The highest BCUT2D eigenvalue weighted by Crippen LogP contribution is 2.16. The lowest BCUT2D eigenvalue weighted by atomic mass is 9.98. The second-order valence-corrected chi connectivity index (χ2v) is 5.90. The van der Waals surface area contributed by atoms with Crippen molar-refractivity contribution in [3.63, 3.8) is 0 Å². The van der Waals surface area contributed by atoms with Crippen LogP contribution in [0.1, 0.15) is 40.5 Å². The fourth-order valence-electron chi connectivity index (χ4n) is 0.959. The third-order valence-electron chi connectivity index (χ3n) is 2.76. The van der Waals surface area contributed by atoms with Crippen LogP contribution in [0.25, 0.3) is 0 Å². The van der Waals surface area contributed by atoms with E-state index in [2.05, 4.69) is 4.72 Å².